The van der Waals surface area contributed by atoms with E-state index in [4.69, 9.17) is 19.8 Å². The monoisotopic (exact) mass is 389 g/mol. The van der Waals surface area contributed by atoms with Crippen molar-refractivity contribution < 1.29 is 4.74 Å². The van der Waals surface area contributed by atoms with Gasteiger partial charge in [-0.25, -0.2) is 14.6 Å². The first-order valence-corrected chi connectivity index (χ1v) is 10.5. The molecule has 1 aliphatic heterocycles. The van der Waals surface area contributed by atoms with E-state index < -0.39 is 0 Å². The molecule has 0 radical (unpaired) electrons. The number of hydrogen-bond acceptors (Lipinski definition) is 4. The zero-order chi connectivity index (χ0) is 20.1. The van der Waals surface area contributed by atoms with Crippen LogP contribution in [0.1, 0.15) is 74.8 Å². The fourth-order valence-electron chi connectivity index (χ4n) is 4.35. The van der Waals surface area contributed by atoms with Crippen LogP contribution in [0.3, 0.4) is 0 Å². The molecule has 6 nitrogen and oxygen atoms in total. The quantitative estimate of drug-likeness (QED) is 0.641. The summed E-state index contributed by atoms with van der Waals surface area (Å²) in [6, 6.07) is 2.16. The van der Waals surface area contributed by atoms with E-state index >= 15 is 0 Å². The molecule has 3 aromatic rings. The Morgan fingerprint density at radius 3 is 2.79 bits per heavy atom. The van der Waals surface area contributed by atoms with Gasteiger partial charge in [0.1, 0.15) is 0 Å². The molecule has 29 heavy (non-hydrogen) atoms. The zero-order valence-corrected chi connectivity index (χ0v) is 17.4. The van der Waals surface area contributed by atoms with Crippen LogP contribution in [0.25, 0.3) is 16.9 Å². The summed E-state index contributed by atoms with van der Waals surface area (Å²) in [6.07, 6.45) is 10.6. The normalized spacial score (nSPS) is 21.6. The van der Waals surface area contributed by atoms with Crippen LogP contribution in [0, 0.1) is 0 Å². The molecule has 4 heterocycles. The lowest BCUT2D eigenvalue weighted by atomic mass is 9.71. The summed E-state index contributed by atoms with van der Waals surface area (Å²) in [6.45, 7) is 10.9. The molecule has 0 bridgehead atoms. The maximum atomic E-state index is 5.95. The van der Waals surface area contributed by atoms with Gasteiger partial charge in [-0.1, -0.05) is 12.7 Å². The molecule has 150 valence electrons. The Kier molecular flexibility index (Phi) is 4.30. The summed E-state index contributed by atoms with van der Waals surface area (Å²) in [5, 5.41) is 4.84. The Morgan fingerprint density at radius 1 is 1.24 bits per heavy atom. The number of ether oxygens (including phenoxy) is 1. The highest BCUT2D eigenvalue weighted by molar-refractivity contribution is 5.60. The van der Waals surface area contributed by atoms with Crippen LogP contribution in [-0.2, 0) is 6.42 Å². The maximum Gasteiger partial charge on any atom is 0.180 e. The number of imidazole rings is 1. The van der Waals surface area contributed by atoms with Crippen LogP contribution in [0.2, 0.25) is 0 Å². The average Bonchev–Trinajstić information content (AvgIpc) is 3.31. The molecule has 0 aromatic carbocycles. The molecule has 0 amide bonds. The van der Waals surface area contributed by atoms with Crippen molar-refractivity contribution in [3.63, 3.8) is 0 Å². The van der Waals surface area contributed by atoms with Crippen LogP contribution in [0.5, 0.6) is 5.75 Å². The van der Waals surface area contributed by atoms with E-state index in [0.717, 1.165) is 72.3 Å². The van der Waals surface area contributed by atoms with Crippen molar-refractivity contribution in [2.24, 2.45) is 0 Å². The van der Waals surface area contributed by atoms with Crippen molar-refractivity contribution in [3.8, 4) is 5.75 Å². The Morgan fingerprint density at radius 2 is 2.07 bits per heavy atom. The predicted octanol–water partition coefficient (Wildman–Crippen LogP) is 4.83. The molecule has 0 saturated heterocycles. The molecule has 1 saturated carbocycles. The number of nitrogens with zero attached hydrogens (tertiary/aromatic N) is 5. The number of rotatable bonds is 4. The number of aromatic nitrogens is 5. The SMILES string of the molecule is C=C(C)c1nc(C2CCC2c2cn3ccc4c(c3n2)OCCC4)nn1/C(C)=C\C. The van der Waals surface area contributed by atoms with Gasteiger partial charge in [0.05, 0.1) is 12.3 Å². The van der Waals surface area contributed by atoms with E-state index in [2.05, 4.69) is 42.4 Å². The molecule has 1 fully saturated rings. The second kappa shape index (κ2) is 6.87. The molecule has 2 unspecified atom stereocenters. The molecule has 0 N–H and O–H groups in total. The van der Waals surface area contributed by atoms with Crippen molar-refractivity contribution in [1.29, 1.82) is 0 Å². The lowest BCUT2D eigenvalue weighted by Gasteiger charge is -2.33. The summed E-state index contributed by atoms with van der Waals surface area (Å²) in [7, 11) is 0. The number of aryl methyl sites for hydroxylation is 1. The number of pyridine rings is 1. The van der Waals surface area contributed by atoms with Gasteiger partial charge in [0.2, 0.25) is 0 Å². The smallest absolute Gasteiger partial charge is 0.180 e. The van der Waals surface area contributed by atoms with Crippen LogP contribution >= 0.6 is 0 Å². The van der Waals surface area contributed by atoms with E-state index in [1.165, 1.54) is 5.56 Å². The minimum absolute atomic E-state index is 0.292. The average molecular weight is 390 g/mol. The van der Waals surface area contributed by atoms with Gasteiger partial charge in [-0.2, -0.15) is 5.10 Å². The summed E-state index contributed by atoms with van der Waals surface area (Å²) >= 11 is 0. The summed E-state index contributed by atoms with van der Waals surface area (Å²) in [5.74, 6) is 3.33. The molecular formula is C23H27N5O. The van der Waals surface area contributed by atoms with Gasteiger partial charge < -0.3 is 9.14 Å². The highest BCUT2D eigenvalue weighted by Gasteiger charge is 2.38. The lowest BCUT2D eigenvalue weighted by Crippen LogP contribution is -2.23. The van der Waals surface area contributed by atoms with Crippen molar-refractivity contribution in [1.82, 2.24) is 24.1 Å². The number of hydrogen-bond donors (Lipinski definition) is 0. The van der Waals surface area contributed by atoms with Gasteiger partial charge in [0, 0.05) is 29.9 Å². The lowest BCUT2D eigenvalue weighted by molar-refractivity contribution is 0.290. The largest absolute Gasteiger partial charge is 0.489 e. The first-order chi connectivity index (χ1) is 14.1. The highest BCUT2D eigenvalue weighted by Crippen LogP contribution is 2.48. The van der Waals surface area contributed by atoms with E-state index in [9.17, 15) is 0 Å². The fraction of sp³-hybridized carbons (Fsp3) is 0.435. The van der Waals surface area contributed by atoms with Crippen molar-refractivity contribution in [2.75, 3.05) is 6.61 Å². The molecule has 0 spiro atoms. The summed E-state index contributed by atoms with van der Waals surface area (Å²) < 4.78 is 9.97. The predicted molar refractivity (Wildman–Crippen MR) is 114 cm³/mol. The van der Waals surface area contributed by atoms with Gasteiger partial charge in [0.25, 0.3) is 0 Å². The van der Waals surface area contributed by atoms with Gasteiger partial charge in [0.15, 0.2) is 23.0 Å². The standard InChI is InChI=1S/C23H27N5O/c1-5-15(4)28-22(14(2)3)25-21(26-28)18-9-8-17(18)19-13-27-11-10-16-7-6-12-29-20(16)23(27)24-19/h5,10-11,13,17-18H,2,6-9,12H2,1,3-4H3/b15-5-. The Bertz CT molecular complexity index is 1140. The Hall–Kier alpha value is -2.89. The first kappa shape index (κ1) is 18.2. The molecule has 5 rings (SSSR count). The van der Waals surface area contributed by atoms with Crippen LogP contribution < -0.4 is 4.74 Å². The minimum Gasteiger partial charge on any atom is -0.489 e. The van der Waals surface area contributed by atoms with E-state index in [1.54, 1.807) is 0 Å². The molecule has 2 aliphatic rings. The molecule has 1 aliphatic carbocycles. The van der Waals surface area contributed by atoms with E-state index in [-0.39, 0.29) is 0 Å². The van der Waals surface area contributed by atoms with Crippen LogP contribution in [0.15, 0.2) is 31.1 Å². The van der Waals surface area contributed by atoms with Crippen LogP contribution in [0.4, 0.5) is 0 Å². The third-order valence-electron chi connectivity index (χ3n) is 6.26. The molecule has 2 atom stereocenters. The molecule has 3 aromatic heterocycles. The molecule has 6 heteroatoms. The third kappa shape index (κ3) is 2.89. The van der Waals surface area contributed by atoms with E-state index in [0.29, 0.717) is 11.8 Å². The Balaban J connectivity index is 1.50. The number of fused-ring (bicyclic) bond motifs is 3. The topological polar surface area (TPSA) is 57.2 Å². The fourth-order valence-corrected chi connectivity index (χ4v) is 4.35. The number of allylic oxidation sites excluding steroid dienone is 3. The second-order valence-corrected chi connectivity index (χ2v) is 8.22. The van der Waals surface area contributed by atoms with Crippen LogP contribution in [-0.4, -0.2) is 30.8 Å². The van der Waals surface area contributed by atoms with Crippen molar-refractivity contribution in [3.05, 3.63) is 54.0 Å². The Labute approximate surface area is 170 Å². The van der Waals surface area contributed by atoms with Gasteiger partial charge in [-0.15, -0.1) is 0 Å². The maximum absolute atomic E-state index is 5.95. The highest BCUT2D eigenvalue weighted by atomic mass is 16.5. The summed E-state index contributed by atoms with van der Waals surface area (Å²) in [5.41, 5.74) is 5.30. The first-order valence-electron chi connectivity index (χ1n) is 10.5. The third-order valence-corrected chi connectivity index (χ3v) is 6.26. The second-order valence-electron chi connectivity index (χ2n) is 8.22. The molecular weight excluding hydrogens is 362 g/mol. The van der Waals surface area contributed by atoms with Crippen molar-refractivity contribution in [2.45, 2.75) is 58.3 Å². The summed E-state index contributed by atoms with van der Waals surface area (Å²) in [4.78, 5) is 9.84. The van der Waals surface area contributed by atoms with Gasteiger partial charge in [-0.05, 0) is 63.7 Å². The van der Waals surface area contributed by atoms with Gasteiger partial charge >= 0.3 is 0 Å². The zero-order valence-electron chi connectivity index (χ0n) is 17.4. The minimum atomic E-state index is 0.292. The van der Waals surface area contributed by atoms with E-state index in [1.807, 2.05) is 18.5 Å². The van der Waals surface area contributed by atoms with Crippen molar-refractivity contribution >= 4 is 16.9 Å². The van der Waals surface area contributed by atoms with Gasteiger partial charge in [-0.3, -0.25) is 0 Å².